The molecule has 0 spiro atoms. The highest BCUT2D eigenvalue weighted by atomic mass is 32.1. The minimum Gasteiger partial charge on any atom is -0.481 e. The van der Waals surface area contributed by atoms with Crippen molar-refractivity contribution in [1.82, 2.24) is 5.32 Å². The Labute approximate surface area is 94.1 Å². The molecule has 0 aliphatic carbocycles. The van der Waals surface area contributed by atoms with Gasteiger partial charge in [-0.25, -0.2) is 0 Å². The van der Waals surface area contributed by atoms with E-state index in [1.807, 2.05) is 13.0 Å². The molecule has 4 heteroatoms. The molecule has 1 heterocycles. The lowest BCUT2D eigenvalue weighted by molar-refractivity contribution is -0.141. The summed E-state index contributed by atoms with van der Waals surface area (Å²) in [7, 11) is 0. The van der Waals surface area contributed by atoms with Crippen molar-refractivity contribution in [1.29, 1.82) is 0 Å². The van der Waals surface area contributed by atoms with Gasteiger partial charge >= 0.3 is 5.97 Å². The van der Waals surface area contributed by atoms with Crippen LogP contribution in [0.3, 0.4) is 0 Å². The quantitative estimate of drug-likeness (QED) is 0.781. The summed E-state index contributed by atoms with van der Waals surface area (Å²) in [5.41, 5.74) is 0. The zero-order valence-electron chi connectivity index (χ0n) is 9.06. The highest BCUT2D eigenvalue weighted by Crippen LogP contribution is 2.09. The average Bonchev–Trinajstić information content (AvgIpc) is 2.69. The largest absolute Gasteiger partial charge is 0.481 e. The summed E-state index contributed by atoms with van der Waals surface area (Å²) in [6, 6.07) is 4.14. The van der Waals surface area contributed by atoms with E-state index in [2.05, 4.69) is 16.8 Å². The third-order valence-corrected chi connectivity index (χ3v) is 3.49. The second-order valence-electron chi connectivity index (χ2n) is 3.70. The van der Waals surface area contributed by atoms with Gasteiger partial charge in [0.1, 0.15) is 0 Å². The molecule has 1 aromatic heterocycles. The van der Waals surface area contributed by atoms with Crippen molar-refractivity contribution in [2.75, 3.05) is 6.54 Å². The lowest BCUT2D eigenvalue weighted by Gasteiger charge is -2.17. The molecular formula is C11H17NO2S. The van der Waals surface area contributed by atoms with Crippen LogP contribution in [0.25, 0.3) is 0 Å². The third-order valence-electron chi connectivity index (χ3n) is 2.56. The second kappa shape index (κ2) is 5.88. The Morgan fingerprint density at radius 2 is 2.33 bits per heavy atom. The van der Waals surface area contributed by atoms with Crippen LogP contribution < -0.4 is 5.32 Å². The van der Waals surface area contributed by atoms with Gasteiger partial charge in [0.15, 0.2) is 0 Å². The predicted octanol–water partition coefficient (Wildman–Crippen LogP) is 1.99. The number of carbonyl (C=O) groups is 1. The summed E-state index contributed by atoms with van der Waals surface area (Å²) in [4.78, 5) is 12.0. The van der Waals surface area contributed by atoms with Crippen molar-refractivity contribution < 1.29 is 9.90 Å². The number of aliphatic carboxylic acids is 1. The molecular weight excluding hydrogens is 210 g/mol. The zero-order chi connectivity index (χ0) is 11.3. The van der Waals surface area contributed by atoms with Crippen LogP contribution in [0.15, 0.2) is 17.5 Å². The summed E-state index contributed by atoms with van der Waals surface area (Å²) in [5, 5.41) is 14.1. The van der Waals surface area contributed by atoms with Gasteiger partial charge in [-0.05, 0) is 24.8 Å². The molecule has 84 valence electrons. The van der Waals surface area contributed by atoms with E-state index in [0.29, 0.717) is 0 Å². The standard InChI is InChI=1S/C11H17NO2S/c1-8(11(13)14)9(2)12-6-5-10-4-3-7-15-10/h3-4,7-9,12H,5-6H2,1-2H3,(H,13,14). The van der Waals surface area contributed by atoms with Gasteiger partial charge < -0.3 is 10.4 Å². The Morgan fingerprint density at radius 1 is 1.60 bits per heavy atom. The van der Waals surface area contributed by atoms with Crippen molar-refractivity contribution in [3.05, 3.63) is 22.4 Å². The number of rotatable bonds is 6. The maximum absolute atomic E-state index is 10.7. The molecule has 0 aliphatic heterocycles. The van der Waals surface area contributed by atoms with Crippen molar-refractivity contribution in [3.63, 3.8) is 0 Å². The number of hydrogen-bond donors (Lipinski definition) is 2. The summed E-state index contributed by atoms with van der Waals surface area (Å²) >= 11 is 1.73. The monoisotopic (exact) mass is 227 g/mol. The molecule has 0 bridgehead atoms. The van der Waals surface area contributed by atoms with E-state index in [4.69, 9.17) is 5.11 Å². The molecule has 2 atom stereocenters. The lowest BCUT2D eigenvalue weighted by Crippen LogP contribution is -2.37. The molecule has 0 aliphatic rings. The van der Waals surface area contributed by atoms with Crippen LogP contribution in [0, 0.1) is 5.92 Å². The van der Waals surface area contributed by atoms with Crippen molar-refractivity contribution in [3.8, 4) is 0 Å². The first kappa shape index (κ1) is 12.2. The molecule has 2 unspecified atom stereocenters. The fourth-order valence-electron chi connectivity index (χ4n) is 1.27. The molecule has 0 amide bonds. The van der Waals surface area contributed by atoms with Gasteiger partial charge in [0.05, 0.1) is 5.92 Å². The van der Waals surface area contributed by atoms with Crippen molar-refractivity contribution >= 4 is 17.3 Å². The predicted molar refractivity (Wildman–Crippen MR) is 62.3 cm³/mol. The Balaban J connectivity index is 2.22. The Kier molecular flexibility index (Phi) is 4.78. The van der Waals surface area contributed by atoms with E-state index in [1.165, 1.54) is 4.88 Å². The summed E-state index contributed by atoms with van der Waals surface area (Å²) < 4.78 is 0. The molecule has 1 aromatic rings. The minimum atomic E-state index is -0.744. The SMILES string of the molecule is CC(NCCc1cccs1)C(C)C(=O)O. The number of nitrogens with one attached hydrogen (secondary N) is 1. The van der Waals surface area contributed by atoms with E-state index in [0.717, 1.165) is 13.0 Å². The zero-order valence-corrected chi connectivity index (χ0v) is 9.88. The van der Waals surface area contributed by atoms with E-state index < -0.39 is 5.97 Å². The lowest BCUT2D eigenvalue weighted by atomic mass is 10.0. The fraction of sp³-hybridized carbons (Fsp3) is 0.545. The van der Waals surface area contributed by atoms with E-state index in [1.54, 1.807) is 18.3 Å². The maximum Gasteiger partial charge on any atom is 0.307 e. The minimum absolute atomic E-state index is 0.0162. The number of hydrogen-bond acceptors (Lipinski definition) is 3. The third kappa shape index (κ3) is 4.01. The molecule has 0 fully saturated rings. The first-order chi connectivity index (χ1) is 7.11. The van der Waals surface area contributed by atoms with E-state index in [9.17, 15) is 4.79 Å². The van der Waals surface area contributed by atoms with E-state index >= 15 is 0 Å². The van der Waals surface area contributed by atoms with Crippen LogP contribution in [0.5, 0.6) is 0 Å². The molecule has 1 rings (SSSR count). The van der Waals surface area contributed by atoms with Gasteiger partial charge in [-0.1, -0.05) is 13.0 Å². The molecule has 0 radical (unpaired) electrons. The highest BCUT2D eigenvalue weighted by molar-refractivity contribution is 7.09. The van der Waals surface area contributed by atoms with Crippen molar-refractivity contribution in [2.45, 2.75) is 26.3 Å². The van der Waals surface area contributed by atoms with Gasteiger partial charge in [-0.15, -0.1) is 11.3 Å². The number of carboxylic acid groups (broad SMARTS) is 1. The second-order valence-corrected chi connectivity index (χ2v) is 4.73. The molecule has 0 saturated heterocycles. The molecule has 2 N–H and O–H groups in total. The smallest absolute Gasteiger partial charge is 0.307 e. The van der Waals surface area contributed by atoms with Gasteiger partial charge in [0, 0.05) is 17.5 Å². The maximum atomic E-state index is 10.7. The van der Waals surface area contributed by atoms with Gasteiger partial charge in [-0.2, -0.15) is 0 Å². The average molecular weight is 227 g/mol. The highest BCUT2D eigenvalue weighted by Gasteiger charge is 2.18. The molecule has 0 aromatic carbocycles. The van der Waals surface area contributed by atoms with Crippen LogP contribution in [0.2, 0.25) is 0 Å². The topological polar surface area (TPSA) is 49.3 Å². The summed E-state index contributed by atoms with van der Waals surface area (Å²) in [6.07, 6.45) is 0.967. The van der Waals surface area contributed by atoms with Crippen LogP contribution in [0.4, 0.5) is 0 Å². The fourth-order valence-corrected chi connectivity index (χ4v) is 1.98. The van der Waals surface area contributed by atoms with Gasteiger partial charge in [0.2, 0.25) is 0 Å². The first-order valence-corrected chi connectivity index (χ1v) is 5.98. The molecule has 0 saturated carbocycles. The van der Waals surface area contributed by atoms with Crippen LogP contribution in [0.1, 0.15) is 18.7 Å². The first-order valence-electron chi connectivity index (χ1n) is 5.10. The van der Waals surface area contributed by atoms with Gasteiger partial charge in [-0.3, -0.25) is 4.79 Å². The molecule has 15 heavy (non-hydrogen) atoms. The van der Waals surface area contributed by atoms with Crippen LogP contribution >= 0.6 is 11.3 Å². The Hall–Kier alpha value is -0.870. The van der Waals surface area contributed by atoms with Crippen LogP contribution in [-0.2, 0) is 11.2 Å². The normalized spacial score (nSPS) is 14.8. The molecule has 3 nitrogen and oxygen atoms in total. The summed E-state index contributed by atoms with van der Waals surface area (Å²) in [6.45, 7) is 4.47. The van der Waals surface area contributed by atoms with Crippen LogP contribution in [-0.4, -0.2) is 23.7 Å². The Bertz CT molecular complexity index is 298. The summed E-state index contributed by atoms with van der Waals surface area (Å²) in [5.74, 6) is -1.08. The number of thiophene rings is 1. The van der Waals surface area contributed by atoms with Crippen molar-refractivity contribution in [2.24, 2.45) is 5.92 Å². The Morgan fingerprint density at radius 3 is 2.87 bits per heavy atom. The van der Waals surface area contributed by atoms with E-state index in [-0.39, 0.29) is 12.0 Å². The van der Waals surface area contributed by atoms with Gasteiger partial charge in [0.25, 0.3) is 0 Å². The number of carboxylic acids is 1.